The molecule has 0 heterocycles. The van der Waals surface area contributed by atoms with Crippen molar-refractivity contribution in [3.63, 3.8) is 0 Å². The van der Waals surface area contributed by atoms with Crippen molar-refractivity contribution in [3.8, 4) is 33.8 Å². The van der Waals surface area contributed by atoms with E-state index in [1.165, 1.54) is 24.3 Å². The summed E-state index contributed by atoms with van der Waals surface area (Å²) in [6.45, 7) is 11.9. The van der Waals surface area contributed by atoms with Gasteiger partial charge in [-0.15, -0.1) is 0 Å². The third kappa shape index (κ3) is 28.5. The number of hydrogen-bond acceptors (Lipinski definition) is 18. The van der Waals surface area contributed by atoms with Crippen molar-refractivity contribution in [1.82, 2.24) is 0 Å². The van der Waals surface area contributed by atoms with E-state index in [2.05, 4.69) is 0 Å². The van der Waals surface area contributed by atoms with E-state index in [4.69, 9.17) is 75.8 Å². The Bertz CT molecular complexity index is 1620. The summed E-state index contributed by atoms with van der Waals surface area (Å²) in [4.78, 5) is 23.3. The van der Waals surface area contributed by atoms with Gasteiger partial charge in [-0.05, 0) is 47.5 Å². The van der Waals surface area contributed by atoms with Gasteiger partial charge in [-0.1, -0.05) is 24.3 Å². The lowest BCUT2D eigenvalue weighted by molar-refractivity contribution is -0.0199. The number of carboxylic acids is 2. The second kappa shape index (κ2) is 41.3. The van der Waals surface area contributed by atoms with E-state index in [9.17, 15) is 19.8 Å². The lowest BCUT2D eigenvalue weighted by Gasteiger charge is -2.19. The standard InChI is InChI=1S/C50H74O20/c1-55-11-13-57-15-17-59-19-21-61-23-25-63-27-29-65-31-33-67-35-37-69-47-39-46(42-5-9-44(10-6-42)50(53)54)48(40-45(47)41-3-7-43(8-4-41)49(51)52)70-38-36-68-34-32-66-30-28-64-26-24-62-22-20-60-18-16-58-14-12-56-2/h3-10,39-40H,11-38H2,1-2H3,(H,51,52)(H,53,54). The molecule has 20 nitrogen and oxygen atoms in total. The molecule has 0 aliphatic carbocycles. The van der Waals surface area contributed by atoms with Crippen LogP contribution < -0.4 is 9.47 Å². The molecular weight excluding hydrogens is 921 g/mol. The van der Waals surface area contributed by atoms with Gasteiger partial charge in [0.15, 0.2) is 0 Å². The van der Waals surface area contributed by atoms with Gasteiger partial charge >= 0.3 is 11.9 Å². The summed E-state index contributed by atoms with van der Waals surface area (Å²) in [5.74, 6) is -1.13. The number of carboxylic acid groups (broad SMARTS) is 2. The summed E-state index contributed by atoms with van der Waals surface area (Å²) >= 11 is 0. The highest BCUT2D eigenvalue weighted by molar-refractivity contribution is 5.90. The number of hydrogen-bond donors (Lipinski definition) is 2. The van der Waals surface area contributed by atoms with E-state index < -0.39 is 11.9 Å². The van der Waals surface area contributed by atoms with Gasteiger partial charge in [-0.25, -0.2) is 9.59 Å². The summed E-state index contributed by atoms with van der Waals surface area (Å²) < 4.78 is 88.8. The molecule has 3 rings (SSSR count). The van der Waals surface area contributed by atoms with E-state index in [0.717, 1.165) is 0 Å². The Hall–Kier alpha value is -4.36. The molecule has 0 aliphatic rings. The molecule has 3 aromatic carbocycles. The second-order valence-corrected chi connectivity index (χ2v) is 14.6. The zero-order valence-corrected chi connectivity index (χ0v) is 40.8. The number of rotatable bonds is 48. The first-order valence-electron chi connectivity index (χ1n) is 23.5. The van der Waals surface area contributed by atoms with Gasteiger partial charge in [0.1, 0.15) is 24.7 Å². The minimum Gasteiger partial charge on any atom is -0.491 e. The summed E-state index contributed by atoms with van der Waals surface area (Å²) in [6, 6.07) is 16.5. The van der Waals surface area contributed by atoms with Crippen LogP contribution in [0.4, 0.5) is 0 Å². The molecule has 3 aromatic rings. The topological polar surface area (TPSA) is 222 Å². The molecular formula is C50H74O20. The Kier molecular flexibility index (Phi) is 35.3. The average molecular weight is 995 g/mol. The Labute approximate surface area is 411 Å². The van der Waals surface area contributed by atoms with E-state index in [1.54, 1.807) is 38.5 Å². The Morgan fingerprint density at radius 3 is 0.714 bits per heavy atom. The molecule has 0 bridgehead atoms. The Morgan fingerprint density at radius 1 is 0.314 bits per heavy atom. The summed E-state index contributed by atoms with van der Waals surface area (Å²) in [6.07, 6.45) is 0. The van der Waals surface area contributed by atoms with Crippen LogP contribution in [-0.2, 0) is 66.3 Å². The smallest absolute Gasteiger partial charge is 0.335 e. The molecule has 0 aromatic heterocycles. The number of ether oxygens (including phenoxy) is 16. The Morgan fingerprint density at radius 2 is 0.514 bits per heavy atom. The molecule has 0 radical (unpaired) electrons. The van der Waals surface area contributed by atoms with E-state index in [0.29, 0.717) is 192 Å². The minimum atomic E-state index is -1.05. The molecule has 70 heavy (non-hydrogen) atoms. The van der Waals surface area contributed by atoms with Gasteiger partial charge in [-0.3, -0.25) is 0 Å². The fraction of sp³-hybridized carbons (Fsp3) is 0.600. The van der Waals surface area contributed by atoms with E-state index in [-0.39, 0.29) is 37.6 Å². The van der Waals surface area contributed by atoms with Crippen LogP contribution in [0, 0.1) is 0 Å². The fourth-order valence-electron chi connectivity index (χ4n) is 5.94. The van der Waals surface area contributed by atoms with Gasteiger partial charge in [0.05, 0.1) is 183 Å². The van der Waals surface area contributed by atoms with Crippen LogP contribution >= 0.6 is 0 Å². The molecule has 2 N–H and O–H groups in total. The van der Waals surface area contributed by atoms with Gasteiger partial charge in [-0.2, -0.15) is 0 Å². The van der Waals surface area contributed by atoms with Crippen molar-refractivity contribution >= 4 is 11.9 Å². The first-order chi connectivity index (χ1) is 34.4. The maximum Gasteiger partial charge on any atom is 0.335 e. The molecule has 0 spiro atoms. The summed E-state index contributed by atoms with van der Waals surface area (Å²) in [5, 5.41) is 19.1. The first kappa shape index (κ1) is 59.9. The monoisotopic (exact) mass is 994 g/mol. The van der Waals surface area contributed by atoms with Crippen LogP contribution in [0.15, 0.2) is 60.7 Å². The van der Waals surface area contributed by atoms with Crippen LogP contribution in [0.5, 0.6) is 11.5 Å². The van der Waals surface area contributed by atoms with Gasteiger partial charge in [0.25, 0.3) is 0 Å². The molecule has 0 aliphatic heterocycles. The van der Waals surface area contributed by atoms with Gasteiger partial charge in [0.2, 0.25) is 0 Å². The van der Waals surface area contributed by atoms with Crippen molar-refractivity contribution in [2.24, 2.45) is 0 Å². The predicted molar refractivity (Wildman–Crippen MR) is 256 cm³/mol. The molecule has 0 saturated carbocycles. The molecule has 0 unspecified atom stereocenters. The molecule has 20 heteroatoms. The highest BCUT2D eigenvalue weighted by atomic mass is 16.6. The zero-order chi connectivity index (χ0) is 50.0. The number of methoxy groups -OCH3 is 2. The molecule has 0 fully saturated rings. The minimum absolute atomic E-state index is 0.135. The van der Waals surface area contributed by atoms with Crippen molar-refractivity contribution in [1.29, 1.82) is 0 Å². The van der Waals surface area contributed by atoms with Crippen molar-refractivity contribution < 1.29 is 95.6 Å². The average Bonchev–Trinajstić information content (AvgIpc) is 3.37. The molecule has 394 valence electrons. The summed E-state index contributed by atoms with van der Waals surface area (Å²) in [5.41, 5.74) is 2.94. The summed E-state index contributed by atoms with van der Waals surface area (Å²) in [7, 11) is 3.26. The van der Waals surface area contributed by atoms with Crippen molar-refractivity contribution in [2.45, 2.75) is 0 Å². The molecule has 0 saturated heterocycles. The third-order valence-corrected chi connectivity index (χ3v) is 9.52. The number of benzene rings is 3. The van der Waals surface area contributed by atoms with Crippen LogP contribution in [0.1, 0.15) is 20.7 Å². The third-order valence-electron chi connectivity index (χ3n) is 9.52. The van der Waals surface area contributed by atoms with E-state index >= 15 is 0 Å². The van der Waals surface area contributed by atoms with Crippen molar-refractivity contribution in [3.05, 3.63) is 71.8 Å². The normalized spacial score (nSPS) is 11.3. The zero-order valence-electron chi connectivity index (χ0n) is 40.8. The molecule has 0 amide bonds. The quantitative estimate of drug-likeness (QED) is 0.0734. The first-order valence-corrected chi connectivity index (χ1v) is 23.5. The lowest BCUT2D eigenvalue weighted by Crippen LogP contribution is -2.15. The van der Waals surface area contributed by atoms with Crippen LogP contribution in [-0.4, -0.2) is 221 Å². The second-order valence-electron chi connectivity index (χ2n) is 14.6. The van der Waals surface area contributed by atoms with E-state index in [1.807, 2.05) is 12.1 Å². The maximum atomic E-state index is 11.6. The largest absolute Gasteiger partial charge is 0.491 e. The SMILES string of the molecule is COCCOCCOCCOCCOCCOCCOCCOc1cc(-c2ccc(C(=O)O)cc2)c(OCCOCCOCCOCCOCCOCCOCCOC)cc1-c1ccc(C(=O)O)cc1. The Balaban J connectivity index is 1.41. The number of aromatic carboxylic acids is 2. The maximum absolute atomic E-state index is 11.6. The highest BCUT2D eigenvalue weighted by Crippen LogP contribution is 2.41. The van der Waals surface area contributed by atoms with Crippen LogP contribution in [0.2, 0.25) is 0 Å². The van der Waals surface area contributed by atoms with Gasteiger partial charge in [0, 0.05) is 25.3 Å². The van der Waals surface area contributed by atoms with Gasteiger partial charge < -0.3 is 86.0 Å². The highest BCUT2D eigenvalue weighted by Gasteiger charge is 2.17. The lowest BCUT2D eigenvalue weighted by atomic mass is 9.96. The van der Waals surface area contributed by atoms with Crippen LogP contribution in [0.3, 0.4) is 0 Å². The van der Waals surface area contributed by atoms with Crippen molar-refractivity contribution in [2.75, 3.05) is 199 Å². The molecule has 0 atom stereocenters. The fourth-order valence-corrected chi connectivity index (χ4v) is 5.94. The number of carbonyl (C=O) groups is 2. The predicted octanol–water partition coefficient (Wildman–Crippen LogP) is 4.67. The van der Waals surface area contributed by atoms with Crippen LogP contribution in [0.25, 0.3) is 22.3 Å².